The fourth-order valence-electron chi connectivity index (χ4n) is 0.803. The van der Waals surface area contributed by atoms with Gasteiger partial charge in [0.25, 0.3) is 0 Å². The molecule has 1 rings (SSSR count). The number of Topliss-reactive ketones (excluding diaryl/α,β-unsaturated/α-hetero) is 1. The maximum Gasteiger partial charge on any atom is 0.160 e. The predicted octanol–water partition coefficient (Wildman–Crippen LogP) is 2.32. The highest BCUT2D eigenvalue weighted by molar-refractivity contribution is 7.80. The van der Waals surface area contributed by atoms with Crippen LogP contribution in [0, 0.1) is 5.82 Å². The number of thiol groups is 1. The molecule has 0 fully saturated rings. The Kier molecular flexibility index (Phi) is 2.29. The number of rotatable bonds is 1. The molecule has 0 N–H and O–H groups in total. The van der Waals surface area contributed by atoms with E-state index in [1.165, 1.54) is 25.1 Å². The van der Waals surface area contributed by atoms with Crippen molar-refractivity contribution >= 4 is 18.4 Å². The van der Waals surface area contributed by atoms with Gasteiger partial charge in [0.15, 0.2) is 5.78 Å². The van der Waals surface area contributed by atoms with Gasteiger partial charge >= 0.3 is 0 Å². The van der Waals surface area contributed by atoms with Crippen LogP contribution in [0.25, 0.3) is 0 Å². The van der Waals surface area contributed by atoms with Gasteiger partial charge in [0.05, 0.1) is 0 Å². The minimum absolute atomic E-state index is 0.102. The number of carbonyl (C=O) groups is 1. The number of ketones is 1. The molecule has 0 saturated heterocycles. The highest BCUT2D eigenvalue weighted by Gasteiger charge is 2.03. The number of hydrogen-bond acceptors (Lipinski definition) is 2. The molecular formula is C8H7FOS. The molecule has 0 bridgehead atoms. The first-order valence-electron chi connectivity index (χ1n) is 3.10. The summed E-state index contributed by atoms with van der Waals surface area (Å²) in [5.74, 6) is -0.477. The molecule has 1 aromatic carbocycles. The molecule has 3 heteroatoms. The average molecular weight is 170 g/mol. The van der Waals surface area contributed by atoms with Crippen LogP contribution in [0.5, 0.6) is 0 Å². The van der Waals surface area contributed by atoms with Crippen LogP contribution in [0.3, 0.4) is 0 Å². The summed E-state index contributed by atoms with van der Waals surface area (Å²) in [6.07, 6.45) is 0. The van der Waals surface area contributed by atoms with Gasteiger partial charge < -0.3 is 0 Å². The Labute approximate surface area is 69.6 Å². The average Bonchev–Trinajstić information content (AvgIpc) is 1.85. The van der Waals surface area contributed by atoms with E-state index in [0.29, 0.717) is 10.5 Å². The van der Waals surface area contributed by atoms with Gasteiger partial charge in [0.1, 0.15) is 5.82 Å². The van der Waals surface area contributed by atoms with Gasteiger partial charge in [0, 0.05) is 10.5 Å². The minimum Gasteiger partial charge on any atom is -0.294 e. The molecule has 0 radical (unpaired) electrons. The van der Waals surface area contributed by atoms with Crippen molar-refractivity contribution in [3.63, 3.8) is 0 Å². The SMILES string of the molecule is CC(=O)c1ccc(F)cc1S. The summed E-state index contributed by atoms with van der Waals surface area (Å²) in [6.45, 7) is 1.42. The van der Waals surface area contributed by atoms with Crippen molar-refractivity contribution in [3.8, 4) is 0 Å². The highest BCUT2D eigenvalue weighted by Crippen LogP contribution is 2.15. The van der Waals surface area contributed by atoms with Gasteiger partial charge in [-0.1, -0.05) is 0 Å². The van der Waals surface area contributed by atoms with Crippen LogP contribution in [0.15, 0.2) is 23.1 Å². The van der Waals surface area contributed by atoms with Crippen molar-refractivity contribution in [1.82, 2.24) is 0 Å². The van der Waals surface area contributed by atoms with Crippen LogP contribution >= 0.6 is 12.6 Å². The van der Waals surface area contributed by atoms with Crippen molar-refractivity contribution in [2.45, 2.75) is 11.8 Å². The van der Waals surface area contributed by atoms with Gasteiger partial charge in [-0.05, 0) is 25.1 Å². The smallest absolute Gasteiger partial charge is 0.160 e. The van der Waals surface area contributed by atoms with E-state index in [4.69, 9.17) is 0 Å². The summed E-state index contributed by atoms with van der Waals surface area (Å²) in [5.41, 5.74) is 0.453. The van der Waals surface area contributed by atoms with Crippen molar-refractivity contribution < 1.29 is 9.18 Å². The molecule has 1 aromatic rings. The topological polar surface area (TPSA) is 17.1 Å². The third-order valence-electron chi connectivity index (χ3n) is 1.34. The summed E-state index contributed by atoms with van der Waals surface area (Å²) in [7, 11) is 0. The monoisotopic (exact) mass is 170 g/mol. The van der Waals surface area contributed by atoms with Gasteiger partial charge in [-0.15, -0.1) is 12.6 Å². The van der Waals surface area contributed by atoms with E-state index in [2.05, 4.69) is 12.6 Å². The first-order valence-corrected chi connectivity index (χ1v) is 3.55. The third-order valence-corrected chi connectivity index (χ3v) is 1.71. The van der Waals surface area contributed by atoms with Crippen LogP contribution in [-0.4, -0.2) is 5.78 Å². The van der Waals surface area contributed by atoms with Crippen LogP contribution in [0.1, 0.15) is 17.3 Å². The molecule has 0 atom stereocenters. The Balaban J connectivity index is 3.20. The van der Waals surface area contributed by atoms with Crippen LogP contribution < -0.4 is 0 Å². The second-order valence-corrected chi connectivity index (χ2v) is 2.70. The molecule has 11 heavy (non-hydrogen) atoms. The first-order chi connectivity index (χ1) is 5.11. The van der Waals surface area contributed by atoms with Gasteiger partial charge in [-0.25, -0.2) is 4.39 Å². The van der Waals surface area contributed by atoms with Crippen molar-refractivity contribution in [1.29, 1.82) is 0 Å². The Bertz CT molecular complexity index is 296. The quantitative estimate of drug-likeness (QED) is 0.505. The fraction of sp³-hybridized carbons (Fsp3) is 0.125. The molecular weight excluding hydrogens is 163 g/mol. The molecule has 0 aliphatic heterocycles. The Morgan fingerprint density at radius 2 is 2.18 bits per heavy atom. The van der Waals surface area contributed by atoms with Crippen molar-refractivity contribution in [2.75, 3.05) is 0 Å². The maximum absolute atomic E-state index is 12.5. The normalized spacial score (nSPS) is 9.73. The number of halogens is 1. The lowest BCUT2D eigenvalue weighted by Crippen LogP contribution is -1.93. The Morgan fingerprint density at radius 1 is 1.55 bits per heavy atom. The van der Waals surface area contributed by atoms with Crippen LogP contribution in [-0.2, 0) is 0 Å². The number of hydrogen-bond donors (Lipinski definition) is 1. The van der Waals surface area contributed by atoms with Crippen molar-refractivity contribution in [2.24, 2.45) is 0 Å². The lowest BCUT2D eigenvalue weighted by Gasteiger charge is -1.98. The molecule has 1 nitrogen and oxygen atoms in total. The first kappa shape index (κ1) is 8.27. The lowest BCUT2D eigenvalue weighted by atomic mass is 10.1. The summed E-state index contributed by atoms with van der Waals surface area (Å²) in [6, 6.07) is 3.90. The van der Waals surface area contributed by atoms with E-state index >= 15 is 0 Å². The summed E-state index contributed by atoms with van der Waals surface area (Å²) in [5, 5.41) is 0. The Hall–Kier alpha value is -0.830. The maximum atomic E-state index is 12.5. The van der Waals surface area contributed by atoms with E-state index in [1.807, 2.05) is 0 Å². The largest absolute Gasteiger partial charge is 0.294 e. The molecule has 58 valence electrons. The molecule has 0 aromatic heterocycles. The van der Waals surface area contributed by atoms with E-state index in [0.717, 1.165) is 0 Å². The Morgan fingerprint density at radius 3 is 2.64 bits per heavy atom. The second kappa shape index (κ2) is 3.05. The van der Waals surface area contributed by atoms with E-state index in [9.17, 15) is 9.18 Å². The minimum atomic E-state index is -0.375. The molecule has 0 saturated carbocycles. The molecule has 0 aliphatic rings. The fourth-order valence-corrected chi connectivity index (χ4v) is 1.16. The van der Waals surface area contributed by atoms with Gasteiger partial charge in [0.2, 0.25) is 0 Å². The summed E-state index contributed by atoms with van der Waals surface area (Å²) in [4.78, 5) is 11.2. The number of carbonyl (C=O) groups excluding carboxylic acids is 1. The van der Waals surface area contributed by atoms with Crippen molar-refractivity contribution in [3.05, 3.63) is 29.6 Å². The molecule has 0 spiro atoms. The molecule has 0 heterocycles. The van der Waals surface area contributed by atoms with E-state index < -0.39 is 0 Å². The van der Waals surface area contributed by atoms with E-state index in [1.54, 1.807) is 0 Å². The summed E-state index contributed by atoms with van der Waals surface area (Å²) >= 11 is 3.95. The predicted molar refractivity (Wildman–Crippen MR) is 43.7 cm³/mol. The highest BCUT2D eigenvalue weighted by atomic mass is 32.1. The lowest BCUT2D eigenvalue weighted by molar-refractivity contribution is 0.101. The third kappa shape index (κ3) is 1.80. The molecule has 0 unspecified atom stereocenters. The van der Waals surface area contributed by atoms with Crippen LogP contribution in [0.2, 0.25) is 0 Å². The van der Waals surface area contributed by atoms with Crippen LogP contribution in [0.4, 0.5) is 4.39 Å². The zero-order valence-corrected chi connectivity index (χ0v) is 6.86. The van der Waals surface area contributed by atoms with E-state index in [-0.39, 0.29) is 11.6 Å². The zero-order valence-electron chi connectivity index (χ0n) is 5.97. The molecule has 0 amide bonds. The second-order valence-electron chi connectivity index (χ2n) is 2.22. The standard InChI is InChI=1S/C8H7FOS/c1-5(10)7-3-2-6(9)4-8(7)11/h2-4,11H,1H3. The van der Waals surface area contributed by atoms with Gasteiger partial charge in [-0.2, -0.15) is 0 Å². The van der Waals surface area contributed by atoms with Gasteiger partial charge in [-0.3, -0.25) is 4.79 Å². The molecule has 0 aliphatic carbocycles. The summed E-state index contributed by atoms with van der Waals surface area (Å²) < 4.78 is 12.5. The zero-order chi connectivity index (χ0) is 8.43. The number of benzene rings is 1.